The Morgan fingerprint density at radius 3 is 2.75 bits per heavy atom. The van der Waals surface area contributed by atoms with E-state index in [1.54, 1.807) is 7.11 Å². The molecule has 1 amide bonds. The van der Waals surface area contributed by atoms with Crippen molar-refractivity contribution in [1.82, 2.24) is 20.4 Å². The number of benzene rings is 1. The number of methoxy groups -OCH3 is 1. The van der Waals surface area contributed by atoms with Crippen molar-refractivity contribution in [3.05, 3.63) is 30.2 Å². The van der Waals surface area contributed by atoms with E-state index in [-0.39, 0.29) is 5.91 Å². The monoisotopic (exact) mass is 330 g/mol. The van der Waals surface area contributed by atoms with Crippen molar-refractivity contribution in [3.63, 3.8) is 0 Å². The van der Waals surface area contributed by atoms with Gasteiger partial charge in [0, 0.05) is 44.6 Å². The van der Waals surface area contributed by atoms with Gasteiger partial charge in [-0.25, -0.2) is 0 Å². The molecule has 0 aliphatic carbocycles. The lowest BCUT2D eigenvalue weighted by atomic mass is 10.2. The summed E-state index contributed by atoms with van der Waals surface area (Å²) in [4.78, 5) is 18.4. The summed E-state index contributed by atoms with van der Waals surface area (Å²) in [6, 6.07) is 7.50. The Bertz CT molecular complexity index is 663. The second-order valence-electron chi connectivity index (χ2n) is 5.72. The molecule has 3 rings (SSSR count). The second-order valence-corrected chi connectivity index (χ2v) is 5.72. The van der Waals surface area contributed by atoms with Gasteiger partial charge >= 0.3 is 0 Å². The summed E-state index contributed by atoms with van der Waals surface area (Å²) in [5.74, 6) is 2.11. The topological polar surface area (TPSA) is 80.5 Å². The van der Waals surface area contributed by atoms with Crippen molar-refractivity contribution in [2.45, 2.75) is 19.3 Å². The number of ether oxygens (including phenoxy) is 1. The molecule has 1 aliphatic rings. The molecule has 0 radical (unpaired) electrons. The average Bonchev–Trinajstić information content (AvgIpc) is 3.11. The third-order valence-electron chi connectivity index (χ3n) is 4.07. The van der Waals surface area contributed by atoms with Crippen molar-refractivity contribution in [1.29, 1.82) is 0 Å². The first-order valence-corrected chi connectivity index (χ1v) is 8.22. The number of piperazine rings is 1. The van der Waals surface area contributed by atoms with Crippen molar-refractivity contribution in [2.75, 3.05) is 33.3 Å². The van der Waals surface area contributed by atoms with Crippen LogP contribution in [0.5, 0.6) is 5.75 Å². The zero-order valence-electron chi connectivity index (χ0n) is 13.8. The van der Waals surface area contributed by atoms with E-state index >= 15 is 0 Å². The molecule has 0 spiro atoms. The number of hydrogen-bond acceptors (Lipinski definition) is 6. The normalized spacial score (nSPS) is 14.6. The Hall–Kier alpha value is -2.41. The van der Waals surface area contributed by atoms with E-state index in [9.17, 15) is 4.79 Å². The molecule has 1 N–H and O–H groups in total. The number of carbonyl (C=O) groups excluding carboxylic acids is 1. The lowest BCUT2D eigenvalue weighted by Crippen LogP contribution is -2.46. The van der Waals surface area contributed by atoms with Gasteiger partial charge in [-0.15, -0.1) is 0 Å². The molecule has 7 nitrogen and oxygen atoms in total. The van der Waals surface area contributed by atoms with Gasteiger partial charge in [-0.2, -0.15) is 4.98 Å². The van der Waals surface area contributed by atoms with E-state index < -0.39 is 0 Å². The van der Waals surface area contributed by atoms with Gasteiger partial charge in [0.05, 0.1) is 7.11 Å². The first-order valence-electron chi connectivity index (χ1n) is 8.22. The van der Waals surface area contributed by atoms with Crippen LogP contribution in [0.2, 0.25) is 0 Å². The van der Waals surface area contributed by atoms with Gasteiger partial charge in [0.2, 0.25) is 17.6 Å². The molecule has 24 heavy (non-hydrogen) atoms. The first-order chi connectivity index (χ1) is 11.8. The van der Waals surface area contributed by atoms with Gasteiger partial charge in [-0.3, -0.25) is 4.79 Å². The average molecular weight is 330 g/mol. The highest BCUT2D eigenvalue weighted by Gasteiger charge is 2.16. The quantitative estimate of drug-likeness (QED) is 0.864. The Morgan fingerprint density at radius 1 is 1.29 bits per heavy atom. The zero-order valence-corrected chi connectivity index (χ0v) is 13.8. The summed E-state index contributed by atoms with van der Waals surface area (Å²) in [5, 5.41) is 7.24. The van der Waals surface area contributed by atoms with Gasteiger partial charge in [0.25, 0.3) is 0 Å². The minimum Gasteiger partial charge on any atom is -0.497 e. The van der Waals surface area contributed by atoms with Crippen LogP contribution in [0, 0.1) is 0 Å². The van der Waals surface area contributed by atoms with E-state index in [0.717, 1.165) is 37.5 Å². The predicted molar refractivity (Wildman–Crippen MR) is 88.7 cm³/mol. The summed E-state index contributed by atoms with van der Waals surface area (Å²) < 4.78 is 10.4. The van der Waals surface area contributed by atoms with Crippen LogP contribution < -0.4 is 10.1 Å². The molecule has 1 aromatic heterocycles. The number of nitrogens with one attached hydrogen (secondary N) is 1. The molecule has 0 saturated carbocycles. The van der Waals surface area contributed by atoms with Crippen LogP contribution in [0.15, 0.2) is 28.8 Å². The summed E-state index contributed by atoms with van der Waals surface area (Å²) in [6.45, 7) is 3.34. The fourth-order valence-corrected chi connectivity index (χ4v) is 2.68. The van der Waals surface area contributed by atoms with E-state index in [1.807, 2.05) is 29.2 Å². The van der Waals surface area contributed by atoms with Crippen molar-refractivity contribution < 1.29 is 14.1 Å². The van der Waals surface area contributed by atoms with Gasteiger partial charge in [0.1, 0.15) is 5.75 Å². The SMILES string of the molecule is COc1ccc(-c2noc(CCCC(=O)N3CCNCC3)n2)cc1. The largest absolute Gasteiger partial charge is 0.497 e. The Kier molecular flexibility index (Phi) is 5.43. The van der Waals surface area contributed by atoms with Crippen LogP contribution in [0.4, 0.5) is 0 Å². The molecule has 0 bridgehead atoms. The number of hydrogen-bond donors (Lipinski definition) is 1. The lowest BCUT2D eigenvalue weighted by Gasteiger charge is -2.27. The minimum atomic E-state index is 0.200. The van der Waals surface area contributed by atoms with Gasteiger partial charge in [-0.05, 0) is 30.7 Å². The van der Waals surface area contributed by atoms with Crippen molar-refractivity contribution in [3.8, 4) is 17.1 Å². The van der Waals surface area contributed by atoms with Crippen molar-refractivity contribution >= 4 is 5.91 Å². The molecule has 2 heterocycles. The van der Waals surface area contributed by atoms with E-state index in [1.165, 1.54) is 0 Å². The van der Waals surface area contributed by atoms with Crippen molar-refractivity contribution in [2.24, 2.45) is 0 Å². The number of amides is 1. The van der Waals surface area contributed by atoms with E-state index in [4.69, 9.17) is 9.26 Å². The van der Waals surface area contributed by atoms with Crippen LogP contribution in [0.25, 0.3) is 11.4 Å². The summed E-state index contributed by atoms with van der Waals surface area (Å²) in [7, 11) is 1.63. The lowest BCUT2D eigenvalue weighted by molar-refractivity contribution is -0.131. The summed E-state index contributed by atoms with van der Waals surface area (Å²) in [5.41, 5.74) is 0.877. The molecule has 1 saturated heterocycles. The molecular formula is C17H22N4O3. The third-order valence-corrected chi connectivity index (χ3v) is 4.07. The standard InChI is InChI=1S/C17H22N4O3/c1-23-14-7-5-13(6-8-14)17-19-15(24-20-17)3-2-4-16(22)21-11-9-18-10-12-21/h5-8,18H,2-4,9-12H2,1H3. The molecule has 128 valence electrons. The number of aromatic nitrogens is 2. The fourth-order valence-electron chi connectivity index (χ4n) is 2.68. The fraction of sp³-hybridized carbons (Fsp3) is 0.471. The zero-order chi connectivity index (χ0) is 16.8. The van der Waals surface area contributed by atoms with E-state index in [2.05, 4.69) is 15.5 Å². The van der Waals surface area contributed by atoms with E-state index in [0.29, 0.717) is 31.0 Å². The maximum absolute atomic E-state index is 12.1. The van der Waals surface area contributed by atoms with Gasteiger partial charge in [0.15, 0.2) is 0 Å². The first kappa shape index (κ1) is 16.4. The summed E-state index contributed by atoms with van der Waals surface area (Å²) in [6.07, 6.45) is 1.84. The molecule has 1 aromatic carbocycles. The molecule has 7 heteroatoms. The van der Waals surface area contributed by atoms with Crippen LogP contribution in [0.1, 0.15) is 18.7 Å². The predicted octanol–water partition coefficient (Wildman–Crippen LogP) is 1.50. The maximum atomic E-state index is 12.1. The van der Waals surface area contributed by atoms with Gasteiger partial charge in [-0.1, -0.05) is 5.16 Å². The Balaban J connectivity index is 1.49. The number of rotatable bonds is 6. The molecule has 0 unspecified atom stereocenters. The minimum absolute atomic E-state index is 0.200. The Morgan fingerprint density at radius 2 is 2.04 bits per heavy atom. The highest BCUT2D eigenvalue weighted by atomic mass is 16.5. The highest BCUT2D eigenvalue weighted by molar-refractivity contribution is 5.76. The molecule has 1 aliphatic heterocycles. The van der Waals surface area contributed by atoms with Crippen LogP contribution in [-0.2, 0) is 11.2 Å². The maximum Gasteiger partial charge on any atom is 0.226 e. The third kappa shape index (κ3) is 4.11. The van der Waals surface area contributed by atoms with Crippen LogP contribution >= 0.6 is 0 Å². The van der Waals surface area contributed by atoms with Crippen LogP contribution in [-0.4, -0.2) is 54.2 Å². The molecular weight excluding hydrogens is 308 g/mol. The summed E-state index contributed by atoms with van der Waals surface area (Å²) >= 11 is 0. The molecule has 2 aromatic rings. The number of aryl methyl sites for hydroxylation is 1. The molecule has 0 atom stereocenters. The Labute approximate surface area is 141 Å². The second kappa shape index (κ2) is 7.92. The molecule has 1 fully saturated rings. The number of carbonyl (C=O) groups is 1. The smallest absolute Gasteiger partial charge is 0.226 e. The number of nitrogens with zero attached hydrogens (tertiary/aromatic N) is 3. The highest BCUT2D eigenvalue weighted by Crippen LogP contribution is 2.20. The van der Waals surface area contributed by atoms with Crippen LogP contribution in [0.3, 0.4) is 0 Å². The van der Waals surface area contributed by atoms with Gasteiger partial charge < -0.3 is 19.5 Å².